The number of rotatable bonds is 2. The highest BCUT2D eigenvalue weighted by Crippen LogP contribution is 1.90. The Morgan fingerprint density at radius 2 is 1.73 bits per heavy atom. The predicted molar refractivity (Wildman–Crippen MR) is 50.9 cm³/mol. The van der Waals surface area contributed by atoms with Gasteiger partial charge in [-0.1, -0.05) is 32.0 Å². The normalized spacial score (nSPS) is 9.73. The zero-order valence-electron chi connectivity index (χ0n) is 8.27. The summed E-state index contributed by atoms with van der Waals surface area (Å²) in [6.07, 6.45) is 1.25. The number of oxime groups is 1. The molecule has 0 saturated heterocycles. The van der Waals surface area contributed by atoms with Gasteiger partial charge in [-0.2, -0.15) is 0 Å². The zero-order chi connectivity index (χ0) is 9.28. The molecular formula is C9H19NO. The molecule has 0 radical (unpaired) electrons. The van der Waals surface area contributed by atoms with Crippen LogP contribution in [0.1, 0.15) is 34.1 Å². The number of allylic oxidation sites excluding steroid dienone is 1. The van der Waals surface area contributed by atoms with Crippen molar-refractivity contribution in [2.45, 2.75) is 34.1 Å². The first-order chi connectivity index (χ1) is 5.09. The first kappa shape index (κ1) is 12.8. The second kappa shape index (κ2) is 9.21. The molecule has 0 amide bonds. The van der Waals surface area contributed by atoms with Gasteiger partial charge < -0.3 is 4.84 Å². The van der Waals surface area contributed by atoms with Crippen molar-refractivity contribution in [2.24, 2.45) is 5.16 Å². The van der Waals surface area contributed by atoms with Gasteiger partial charge in [0, 0.05) is 0 Å². The van der Waals surface area contributed by atoms with Crippen molar-refractivity contribution in [3.63, 3.8) is 0 Å². The maximum Gasteiger partial charge on any atom is 0.106 e. The van der Waals surface area contributed by atoms with E-state index in [1.54, 1.807) is 0 Å². The highest BCUT2D eigenvalue weighted by Gasteiger charge is 1.87. The Morgan fingerprint density at radius 3 is 1.82 bits per heavy atom. The lowest BCUT2D eigenvalue weighted by Crippen LogP contribution is -1.90. The van der Waals surface area contributed by atoms with Gasteiger partial charge in [-0.3, -0.25) is 0 Å². The number of nitrogens with zero attached hydrogens (tertiary/aromatic N) is 1. The summed E-state index contributed by atoms with van der Waals surface area (Å²) in [5.41, 5.74) is 1.78. The van der Waals surface area contributed by atoms with Crippen molar-refractivity contribution in [3.05, 3.63) is 12.2 Å². The van der Waals surface area contributed by atoms with Gasteiger partial charge in [-0.05, 0) is 19.4 Å². The monoisotopic (exact) mass is 157 g/mol. The van der Waals surface area contributed by atoms with Gasteiger partial charge in [0.25, 0.3) is 0 Å². The minimum absolute atomic E-state index is 0.840. The highest BCUT2D eigenvalue weighted by molar-refractivity contribution is 5.96. The van der Waals surface area contributed by atoms with E-state index in [4.69, 9.17) is 0 Å². The van der Waals surface area contributed by atoms with Crippen LogP contribution in [0, 0.1) is 0 Å². The minimum Gasteiger partial charge on any atom is -0.399 e. The molecule has 0 N–H and O–H groups in total. The molecule has 0 heterocycles. The van der Waals surface area contributed by atoms with Crippen LogP contribution in [-0.2, 0) is 4.84 Å². The van der Waals surface area contributed by atoms with Gasteiger partial charge in [0.2, 0.25) is 0 Å². The molecule has 2 nitrogen and oxygen atoms in total. The minimum atomic E-state index is 0.840. The van der Waals surface area contributed by atoms with Crippen LogP contribution in [-0.4, -0.2) is 12.8 Å². The molecule has 2 heteroatoms. The summed E-state index contributed by atoms with van der Waals surface area (Å²) < 4.78 is 0. The Hall–Kier alpha value is -0.790. The van der Waals surface area contributed by atoms with Crippen molar-refractivity contribution in [1.29, 1.82) is 0 Å². The SMILES string of the molecule is C=C(C)/C(C)=N\OC.CCC. The molecule has 0 saturated carbocycles. The molecule has 0 unspecified atom stereocenters. The van der Waals surface area contributed by atoms with Crippen LogP contribution in [0.15, 0.2) is 17.3 Å². The van der Waals surface area contributed by atoms with Crippen molar-refractivity contribution in [3.8, 4) is 0 Å². The van der Waals surface area contributed by atoms with Crippen LogP contribution in [0.2, 0.25) is 0 Å². The molecule has 0 aromatic carbocycles. The Kier molecular flexibility index (Phi) is 10.8. The quantitative estimate of drug-likeness (QED) is 0.446. The van der Waals surface area contributed by atoms with E-state index < -0.39 is 0 Å². The Bertz CT molecular complexity index is 128. The Labute approximate surface area is 69.9 Å². The molecule has 0 atom stereocenters. The fraction of sp³-hybridized carbons (Fsp3) is 0.667. The summed E-state index contributed by atoms with van der Waals surface area (Å²) in [6, 6.07) is 0. The maximum absolute atomic E-state index is 4.49. The summed E-state index contributed by atoms with van der Waals surface area (Å²) in [5, 5.41) is 3.64. The van der Waals surface area contributed by atoms with E-state index >= 15 is 0 Å². The van der Waals surface area contributed by atoms with Crippen LogP contribution in [0.4, 0.5) is 0 Å². The average Bonchev–Trinajstić information content (AvgIpc) is 1.90. The summed E-state index contributed by atoms with van der Waals surface area (Å²) in [5.74, 6) is 0. The standard InChI is InChI=1S/C6H11NO.C3H8/c1-5(2)6(3)7-8-4;1-3-2/h1H2,2-4H3;3H2,1-2H3/b7-6-;. The van der Waals surface area contributed by atoms with Gasteiger partial charge in [-0.25, -0.2) is 0 Å². The van der Waals surface area contributed by atoms with Crippen LogP contribution >= 0.6 is 0 Å². The van der Waals surface area contributed by atoms with Crippen LogP contribution in [0.25, 0.3) is 0 Å². The van der Waals surface area contributed by atoms with E-state index in [2.05, 4.69) is 30.4 Å². The average molecular weight is 157 g/mol. The molecule has 0 aromatic rings. The van der Waals surface area contributed by atoms with Gasteiger partial charge >= 0.3 is 0 Å². The van der Waals surface area contributed by atoms with E-state index in [0.717, 1.165) is 11.3 Å². The molecule has 11 heavy (non-hydrogen) atoms. The Balaban J connectivity index is 0. The molecule has 0 fully saturated rings. The number of hydrogen-bond donors (Lipinski definition) is 0. The largest absolute Gasteiger partial charge is 0.399 e. The first-order valence-corrected chi connectivity index (χ1v) is 3.83. The topological polar surface area (TPSA) is 21.6 Å². The third kappa shape index (κ3) is 12.4. The lowest BCUT2D eigenvalue weighted by molar-refractivity contribution is 0.213. The van der Waals surface area contributed by atoms with E-state index in [9.17, 15) is 0 Å². The maximum atomic E-state index is 4.49. The highest BCUT2D eigenvalue weighted by atomic mass is 16.6. The van der Waals surface area contributed by atoms with Crippen molar-refractivity contribution in [1.82, 2.24) is 0 Å². The molecule has 66 valence electrons. The third-order valence-corrected chi connectivity index (χ3v) is 0.846. The molecule has 0 aliphatic rings. The van der Waals surface area contributed by atoms with E-state index in [-0.39, 0.29) is 0 Å². The fourth-order valence-corrected chi connectivity index (χ4v) is 0.215. The van der Waals surface area contributed by atoms with E-state index in [0.29, 0.717) is 0 Å². The molecular weight excluding hydrogens is 138 g/mol. The fourth-order valence-electron chi connectivity index (χ4n) is 0.215. The predicted octanol–water partition coefficient (Wildman–Crippen LogP) is 3.00. The number of hydrogen-bond acceptors (Lipinski definition) is 2. The van der Waals surface area contributed by atoms with Crippen LogP contribution in [0.5, 0.6) is 0 Å². The zero-order valence-corrected chi connectivity index (χ0v) is 8.27. The van der Waals surface area contributed by atoms with Crippen molar-refractivity contribution < 1.29 is 4.84 Å². The van der Waals surface area contributed by atoms with Gasteiger partial charge in [-0.15, -0.1) is 0 Å². The summed E-state index contributed by atoms with van der Waals surface area (Å²) in [7, 11) is 1.52. The molecule has 0 aliphatic carbocycles. The van der Waals surface area contributed by atoms with Crippen molar-refractivity contribution in [2.75, 3.05) is 7.11 Å². The molecule has 0 spiro atoms. The molecule has 0 bridgehead atoms. The van der Waals surface area contributed by atoms with Crippen LogP contribution < -0.4 is 0 Å². The van der Waals surface area contributed by atoms with Crippen LogP contribution in [0.3, 0.4) is 0 Å². The van der Waals surface area contributed by atoms with E-state index in [1.807, 2.05) is 13.8 Å². The summed E-state index contributed by atoms with van der Waals surface area (Å²) in [6.45, 7) is 11.7. The van der Waals surface area contributed by atoms with Gasteiger partial charge in [0.05, 0.1) is 5.71 Å². The van der Waals surface area contributed by atoms with Crippen molar-refractivity contribution >= 4 is 5.71 Å². The molecule has 0 aromatic heterocycles. The summed E-state index contributed by atoms with van der Waals surface area (Å²) >= 11 is 0. The van der Waals surface area contributed by atoms with E-state index in [1.165, 1.54) is 13.5 Å². The lowest BCUT2D eigenvalue weighted by Gasteiger charge is -1.93. The molecule has 0 rings (SSSR count). The van der Waals surface area contributed by atoms with Gasteiger partial charge in [0.1, 0.15) is 7.11 Å². The molecule has 0 aliphatic heterocycles. The first-order valence-electron chi connectivity index (χ1n) is 3.83. The second-order valence-corrected chi connectivity index (χ2v) is 2.35. The second-order valence-electron chi connectivity index (χ2n) is 2.35. The van der Waals surface area contributed by atoms with Gasteiger partial charge in [0.15, 0.2) is 0 Å². The Morgan fingerprint density at radius 1 is 1.36 bits per heavy atom. The lowest BCUT2D eigenvalue weighted by atomic mass is 10.2. The third-order valence-electron chi connectivity index (χ3n) is 0.846. The smallest absolute Gasteiger partial charge is 0.106 e. The summed E-state index contributed by atoms with van der Waals surface area (Å²) in [4.78, 5) is 4.49.